The summed E-state index contributed by atoms with van der Waals surface area (Å²) in [7, 11) is 2.29. The number of aromatic nitrogens is 5. The molecule has 2 aliphatic rings. The first-order chi connectivity index (χ1) is 20.4. The van der Waals surface area contributed by atoms with Gasteiger partial charge in [0, 0.05) is 43.6 Å². The molecular weight excluding hydrogens is 579 g/mol. The number of piperidine rings is 1. The van der Waals surface area contributed by atoms with Crippen LogP contribution in [0.2, 0.25) is 0 Å². The Bertz CT molecular complexity index is 1780. The first-order valence-corrected chi connectivity index (χ1v) is 13.3. The van der Waals surface area contributed by atoms with Crippen LogP contribution in [-0.2, 0) is 18.0 Å². The summed E-state index contributed by atoms with van der Waals surface area (Å²) in [5.74, 6) is -3.58. The third kappa shape index (κ3) is 4.79. The smallest absolute Gasteiger partial charge is 0.433 e. The standard InChI is InChI=1S/C27H25F5N8O3/c1-38-17(27(30,31)32)9-19(37-38)35-26(42)13-7-15(28)21(16(8-13)43-2)22-23-24(33)34-10-18(29)40(23)25(36-22)12-3-4-14-5-6-20(41)39(14)11-12/h7-10,12,14H,3-6,11H2,1-2H3,(H2,33,34)(H,35,37,42)/t12-,14+/m1/s1. The number of ether oxygens (including phenoxy) is 1. The molecule has 6 rings (SSSR count). The van der Waals surface area contributed by atoms with Gasteiger partial charge in [0.25, 0.3) is 5.91 Å². The predicted octanol–water partition coefficient (Wildman–Crippen LogP) is 4.14. The van der Waals surface area contributed by atoms with Crippen molar-refractivity contribution < 1.29 is 36.3 Å². The van der Waals surface area contributed by atoms with Gasteiger partial charge in [-0.15, -0.1) is 0 Å². The highest BCUT2D eigenvalue weighted by Gasteiger charge is 2.39. The van der Waals surface area contributed by atoms with Crippen molar-refractivity contribution in [3.05, 3.63) is 53.2 Å². The number of methoxy groups -OCH3 is 1. The van der Waals surface area contributed by atoms with E-state index in [9.17, 15) is 22.8 Å². The highest BCUT2D eigenvalue weighted by molar-refractivity contribution is 6.05. The maximum Gasteiger partial charge on any atom is 0.433 e. The quantitative estimate of drug-likeness (QED) is 0.327. The van der Waals surface area contributed by atoms with Gasteiger partial charge in [-0.3, -0.25) is 18.7 Å². The molecule has 5 heterocycles. The van der Waals surface area contributed by atoms with Gasteiger partial charge < -0.3 is 20.7 Å². The average Bonchev–Trinajstić information content (AvgIpc) is 3.65. The Hall–Kier alpha value is -4.76. The van der Waals surface area contributed by atoms with Gasteiger partial charge >= 0.3 is 6.18 Å². The van der Waals surface area contributed by atoms with Crippen molar-refractivity contribution in [3.8, 4) is 17.0 Å². The van der Waals surface area contributed by atoms with E-state index in [0.717, 1.165) is 30.1 Å². The van der Waals surface area contributed by atoms with Crippen molar-refractivity contribution in [1.29, 1.82) is 0 Å². The van der Waals surface area contributed by atoms with Crippen molar-refractivity contribution in [2.75, 3.05) is 24.7 Å². The van der Waals surface area contributed by atoms with Gasteiger partial charge in [0.2, 0.25) is 11.9 Å². The fourth-order valence-corrected chi connectivity index (χ4v) is 5.94. The number of nitrogens with zero attached hydrogens (tertiary/aromatic N) is 6. The number of carbonyl (C=O) groups is 2. The molecule has 2 atom stereocenters. The van der Waals surface area contributed by atoms with E-state index >= 15 is 8.78 Å². The number of imidazole rings is 1. The summed E-state index contributed by atoms with van der Waals surface area (Å²) >= 11 is 0. The van der Waals surface area contributed by atoms with Crippen LogP contribution in [0.3, 0.4) is 0 Å². The van der Waals surface area contributed by atoms with Crippen LogP contribution in [-0.4, -0.2) is 60.6 Å². The summed E-state index contributed by atoms with van der Waals surface area (Å²) in [6, 6.07) is 2.78. The molecule has 2 aliphatic heterocycles. The number of hydrogen-bond donors (Lipinski definition) is 2. The lowest BCUT2D eigenvalue weighted by Crippen LogP contribution is -2.41. The largest absolute Gasteiger partial charge is 0.496 e. The fourth-order valence-electron chi connectivity index (χ4n) is 5.94. The van der Waals surface area contributed by atoms with Crippen molar-refractivity contribution in [2.24, 2.45) is 7.05 Å². The Morgan fingerprint density at radius 3 is 2.63 bits per heavy atom. The minimum atomic E-state index is -4.70. The molecule has 3 aromatic heterocycles. The molecule has 0 bridgehead atoms. The number of nitrogens with two attached hydrogens (primary N) is 1. The summed E-state index contributed by atoms with van der Waals surface area (Å²) in [6.07, 6.45) is -1.26. The summed E-state index contributed by atoms with van der Waals surface area (Å²) in [5.41, 5.74) is 4.42. The summed E-state index contributed by atoms with van der Waals surface area (Å²) < 4.78 is 77.7. The van der Waals surface area contributed by atoms with Crippen LogP contribution in [0.1, 0.15) is 53.5 Å². The molecule has 0 radical (unpaired) electrons. The SMILES string of the molecule is COc1cc(C(=O)Nc2cc(C(F)(F)F)n(C)n2)cc(F)c1-c1nc([C@@H]2CC[C@H]3CCC(=O)N3C2)n2c(F)cnc(N)c12. The van der Waals surface area contributed by atoms with Crippen molar-refractivity contribution in [3.63, 3.8) is 0 Å². The number of fused-ring (bicyclic) bond motifs is 2. The lowest BCUT2D eigenvalue weighted by molar-refractivity contribution is -0.143. The number of benzene rings is 1. The van der Waals surface area contributed by atoms with Gasteiger partial charge in [0.05, 0.1) is 18.9 Å². The molecule has 226 valence electrons. The number of hydrogen-bond acceptors (Lipinski definition) is 7. The van der Waals surface area contributed by atoms with Crippen molar-refractivity contribution in [1.82, 2.24) is 29.0 Å². The fraction of sp³-hybridized carbons (Fsp3) is 0.370. The second kappa shape index (κ2) is 10.2. The molecule has 0 spiro atoms. The molecular formula is C27H25F5N8O3. The molecule has 1 aromatic carbocycles. The Labute approximate surface area is 240 Å². The summed E-state index contributed by atoms with van der Waals surface area (Å²) in [6.45, 7) is 0.312. The first-order valence-electron chi connectivity index (χ1n) is 13.3. The second-order valence-electron chi connectivity index (χ2n) is 10.5. The number of aryl methyl sites for hydroxylation is 1. The molecule has 2 amide bonds. The van der Waals surface area contributed by atoms with Gasteiger partial charge in [-0.05, 0) is 31.4 Å². The van der Waals surface area contributed by atoms with Crippen LogP contribution < -0.4 is 15.8 Å². The summed E-state index contributed by atoms with van der Waals surface area (Å²) in [4.78, 5) is 35.6. The normalized spacial score (nSPS) is 18.8. The Kier molecular flexibility index (Phi) is 6.73. The maximum atomic E-state index is 15.9. The number of amides is 2. The number of alkyl halides is 3. The molecule has 0 unspecified atom stereocenters. The number of nitrogen functional groups attached to an aromatic ring is 1. The lowest BCUT2D eigenvalue weighted by Gasteiger charge is -2.34. The number of rotatable bonds is 5. The first kappa shape index (κ1) is 28.4. The summed E-state index contributed by atoms with van der Waals surface area (Å²) in [5, 5.41) is 5.86. The maximum absolute atomic E-state index is 15.9. The number of anilines is 2. The lowest BCUT2D eigenvalue weighted by atomic mass is 9.92. The molecule has 2 saturated heterocycles. The third-order valence-corrected chi connectivity index (χ3v) is 7.94. The van der Waals surface area contributed by atoms with Crippen LogP contribution in [0, 0.1) is 11.8 Å². The van der Waals surface area contributed by atoms with E-state index in [0.29, 0.717) is 36.6 Å². The third-order valence-electron chi connectivity index (χ3n) is 7.94. The molecule has 11 nitrogen and oxygen atoms in total. The van der Waals surface area contributed by atoms with E-state index in [2.05, 4.69) is 20.4 Å². The van der Waals surface area contributed by atoms with Gasteiger partial charge in [0.1, 0.15) is 40.1 Å². The van der Waals surface area contributed by atoms with Crippen LogP contribution in [0.15, 0.2) is 24.4 Å². The molecule has 0 aliphatic carbocycles. The van der Waals surface area contributed by atoms with E-state index in [1.165, 1.54) is 13.2 Å². The Morgan fingerprint density at radius 2 is 1.93 bits per heavy atom. The molecule has 16 heteroatoms. The van der Waals surface area contributed by atoms with Gasteiger partial charge in [-0.1, -0.05) is 0 Å². The van der Waals surface area contributed by atoms with E-state index in [1.54, 1.807) is 4.90 Å². The molecule has 2 fully saturated rings. The van der Waals surface area contributed by atoms with E-state index in [4.69, 9.17) is 10.5 Å². The molecule has 43 heavy (non-hydrogen) atoms. The molecule has 4 aromatic rings. The zero-order valence-electron chi connectivity index (χ0n) is 22.9. The van der Waals surface area contributed by atoms with Crippen molar-refractivity contribution in [2.45, 2.75) is 43.8 Å². The Balaban J connectivity index is 1.40. The Morgan fingerprint density at radius 1 is 1.16 bits per heavy atom. The van der Waals surface area contributed by atoms with Crippen molar-refractivity contribution >= 4 is 29.0 Å². The monoisotopic (exact) mass is 604 g/mol. The number of halogens is 5. The average molecular weight is 605 g/mol. The van der Waals surface area contributed by atoms with E-state index in [-0.39, 0.29) is 57.6 Å². The minimum absolute atomic E-state index is 0.0133. The van der Waals surface area contributed by atoms with Crippen LogP contribution in [0.5, 0.6) is 5.75 Å². The zero-order chi connectivity index (χ0) is 30.8. The molecule has 0 saturated carbocycles. The highest BCUT2D eigenvalue weighted by Crippen LogP contribution is 2.42. The van der Waals surface area contributed by atoms with Gasteiger partial charge in [-0.25, -0.2) is 14.4 Å². The number of carbonyl (C=O) groups excluding carboxylic acids is 2. The van der Waals surface area contributed by atoms with Gasteiger partial charge in [0.15, 0.2) is 5.82 Å². The van der Waals surface area contributed by atoms with Crippen LogP contribution >= 0.6 is 0 Å². The van der Waals surface area contributed by atoms with Crippen LogP contribution in [0.25, 0.3) is 16.8 Å². The number of nitrogens with one attached hydrogen (secondary N) is 1. The van der Waals surface area contributed by atoms with Gasteiger partial charge in [-0.2, -0.15) is 22.7 Å². The highest BCUT2D eigenvalue weighted by atomic mass is 19.4. The second-order valence-corrected chi connectivity index (χ2v) is 10.5. The minimum Gasteiger partial charge on any atom is -0.496 e. The zero-order valence-corrected chi connectivity index (χ0v) is 22.9. The topological polar surface area (TPSA) is 133 Å². The van der Waals surface area contributed by atoms with E-state index < -0.39 is 35.4 Å². The van der Waals surface area contributed by atoms with E-state index in [1.807, 2.05) is 0 Å². The van der Waals surface area contributed by atoms with Crippen LogP contribution in [0.4, 0.5) is 33.6 Å². The predicted molar refractivity (Wildman–Crippen MR) is 142 cm³/mol. The molecule has 3 N–H and O–H groups in total.